The molecule has 0 fully saturated rings. The van der Waals surface area contributed by atoms with E-state index in [0.29, 0.717) is 22.8 Å². The van der Waals surface area contributed by atoms with Gasteiger partial charge in [-0.3, -0.25) is 4.40 Å². The molecule has 2 rings (SSSR count). The molecule has 0 aliphatic rings. The molecule has 0 atom stereocenters. The predicted octanol–water partition coefficient (Wildman–Crippen LogP) is 2.95. The number of carboxylic acids is 1. The number of carboxylic acid groups (broad SMARTS) is 1. The van der Waals surface area contributed by atoms with E-state index in [1.807, 2.05) is 13.8 Å². The first-order valence-electron chi connectivity index (χ1n) is 5.45. The van der Waals surface area contributed by atoms with Crippen molar-refractivity contribution in [2.45, 2.75) is 26.7 Å². The number of carbonyl (C=O) groups is 1. The molecule has 0 unspecified atom stereocenters. The molecule has 2 heterocycles. The molecule has 5 heteroatoms. The number of nitrogens with zero attached hydrogens (tertiary/aromatic N) is 2. The normalized spacial score (nSPS) is 11.0. The lowest BCUT2D eigenvalue weighted by molar-refractivity contribution is 0.0688. The summed E-state index contributed by atoms with van der Waals surface area (Å²) in [6.07, 6.45) is 3.23. The van der Waals surface area contributed by atoms with E-state index in [4.69, 9.17) is 11.6 Å². The van der Waals surface area contributed by atoms with Crippen LogP contribution in [0, 0.1) is 6.92 Å². The van der Waals surface area contributed by atoms with Crippen molar-refractivity contribution < 1.29 is 9.90 Å². The number of hydrogen-bond acceptors (Lipinski definition) is 2. The molecule has 0 saturated heterocycles. The Bertz CT molecular complexity index is 590. The zero-order valence-electron chi connectivity index (χ0n) is 9.70. The standard InChI is InChI=1S/C12H13ClN2O2/c1-3-4-9-10(12(16)17)15-6-7(2)5-8(13)11(15)14-9/h5-6H,3-4H2,1-2H3,(H,16,17). The Balaban J connectivity index is 2.80. The number of fused-ring (bicyclic) bond motifs is 1. The van der Waals surface area contributed by atoms with Crippen LogP contribution < -0.4 is 0 Å². The molecule has 0 saturated carbocycles. The third-order valence-corrected chi connectivity index (χ3v) is 2.85. The van der Waals surface area contributed by atoms with Gasteiger partial charge in [-0.15, -0.1) is 0 Å². The van der Waals surface area contributed by atoms with Crippen molar-refractivity contribution in [2.24, 2.45) is 0 Å². The first-order valence-corrected chi connectivity index (χ1v) is 5.82. The summed E-state index contributed by atoms with van der Waals surface area (Å²) >= 11 is 6.08. The Labute approximate surface area is 104 Å². The number of rotatable bonds is 3. The lowest BCUT2D eigenvalue weighted by Gasteiger charge is -2.01. The first kappa shape index (κ1) is 11.9. The number of halogens is 1. The fourth-order valence-electron chi connectivity index (χ4n) is 1.92. The third-order valence-electron chi connectivity index (χ3n) is 2.57. The van der Waals surface area contributed by atoms with Crippen LogP contribution in [0.15, 0.2) is 12.3 Å². The van der Waals surface area contributed by atoms with Gasteiger partial charge in [0.05, 0.1) is 10.7 Å². The van der Waals surface area contributed by atoms with Crippen LogP contribution >= 0.6 is 11.6 Å². The Morgan fingerprint density at radius 3 is 2.88 bits per heavy atom. The van der Waals surface area contributed by atoms with Gasteiger partial charge in [-0.05, 0) is 25.0 Å². The van der Waals surface area contributed by atoms with Gasteiger partial charge in [0.25, 0.3) is 0 Å². The number of aryl methyl sites for hydroxylation is 2. The number of aromatic carboxylic acids is 1. The monoisotopic (exact) mass is 252 g/mol. The van der Waals surface area contributed by atoms with Crippen molar-refractivity contribution in [3.63, 3.8) is 0 Å². The molecule has 4 nitrogen and oxygen atoms in total. The minimum Gasteiger partial charge on any atom is -0.477 e. The van der Waals surface area contributed by atoms with Gasteiger partial charge in [-0.1, -0.05) is 24.9 Å². The highest BCUT2D eigenvalue weighted by Crippen LogP contribution is 2.22. The maximum Gasteiger partial charge on any atom is 0.354 e. The van der Waals surface area contributed by atoms with Crippen molar-refractivity contribution in [3.05, 3.63) is 34.2 Å². The van der Waals surface area contributed by atoms with Crippen LogP contribution in [0.25, 0.3) is 5.65 Å². The van der Waals surface area contributed by atoms with Crippen molar-refractivity contribution >= 4 is 23.2 Å². The summed E-state index contributed by atoms with van der Waals surface area (Å²) in [4.78, 5) is 15.6. The average Bonchev–Trinajstić information content (AvgIpc) is 2.57. The van der Waals surface area contributed by atoms with E-state index in [0.717, 1.165) is 12.0 Å². The second-order valence-corrected chi connectivity index (χ2v) is 4.43. The Hall–Kier alpha value is -1.55. The number of aromatic nitrogens is 2. The van der Waals surface area contributed by atoms with E-state index >= 15 is 0 Å². The molecule has 0 aromatic carbocycles. The smallest absolute Gasteiger partial charge is 0.354 e. The van der Waals surface area contributed by atoms with E-state index in [-0.39, 0.29) is 5.69 Å². The van der Waals surface area contributed by atoms with Crippen molar-refractivity contribution in [1.82, 2.24) is 9.38 Å². The quantitative estimate of drug-likeness (QED) is 0.914. The van der Waals surface area contributed by atoms with Gasteiger partial charge >= 0.3 is 5.97 Å². The molecule has 0 aliphatic carbocycles. The van der Waals surface area contributed by atoms with Gasteiger partial charge in [-0.2, -0.15) is 0 Å². The van der Waals surface area contributed by atoms with Gasteiger partial charge in [0, 0.05) is 6.20 Å². The fraction of sp³-hybridized carbons (Fsp3) is 0.333. The Morgan fingerprint density at radius 2 is 2.29 bits per heavy atom. The van der Waals surface area contributed by atoms with E-state index in [1.54, 1.807) is 16.7 Å². The van der Waals surface area contributed by atoms with Crippen LogP contribution in [-0.4, -0.2) is 20.5 Å². The molecule has 0 spiro atoms. The van der Waals surface area contributed by atoms with Crippen LogP contribution in [0.4, 0.5) is 0 Å². The van der Waals surface area contributed by atoms with Gasteiger partial charge in [-0.25, -0.2) is 9.78 Å². The molecule has 0 amide bonds. The predicted molar refractivity (Wildman–Crippen MR) is 65.9 cm³/mol. The molecule has 2 aromatic rings. The number of imidazole rings is 1. The van der Waals surface area contributed by atoms with Crippen LogP contribution in [0.1, 0.15) is 35.1 Å². The summed E-state index contributed by atoms with van der Waals surface area (Å²) in [7, 11) is 0. The summed E-state index contributed by atoms with van der Waals surface area (Å²) in [5.74, 6) is -0.970. The molecular weight excluding hydrogens is 240 g/mol. The minimum absolute atomic E-state index is 0.215. The summed E-state index contributed by atoms with van der Waals surface area (Å²) in [6.45, 7) is 3.86. The molecule has 0 aliphatic heterocycles. The first-order chi connectivity index (χ1) is 8.04. The van der Waals surface area contributed by atoms with Gasteiger partial charge < -0.3 is 5.11 Å². The van der Waals surface area contributed by atoms with Gasteiger partial charge in [0.1, 0.15) is 0 Å². The van der Waals surface area contributed by atoms with E-state index < -0.39 is 5.97 Å². The maximum absolute atomic E-state index is 11.3. The highest BCUT2D eigenvalue weighted by Gasteiger charge is 2.19. The molecule has 90 valence electrons. The summed E-state index contributed by atoms with van der Waals surface area (Å²) in [5, 5.41) is 9.74. The van der Waals surface area contributed by atoms with E-state index in [9.17, 15) is 9.90 Å². The van der Waals surface area contributed by atoms with Crippen LogP contribution in [0.2, 0.25) is 5.02 Å². The van der Waals surface area contributed by atoms with Crippen molar-refractivity contribution in [2.75, 3.05) is 0 Å². The van der Waals surface area contributed by atoms with Crippen molar-refractivity contribution in [3.8, 4) is 0 Å². The SMILES string of the molecule is CCCc1nc2c(Cl)cc(C)cn2c1C(=O)O. The molecule has 0 bridgehead atoms. The number of pyridine rings is 1. The summed E-state index contributed by atoms with van der Waals surface area (Å²) in [5.41, 5.74) is 2.23. The summed E-state index contributed by atoms with van der Waals surface area (Å²) < 4.78 is 1.56. The molecular formula is C12H13ClN2O2. The second kappa shape index (κ2) is 4.37. The zero-order chi connectivity index (χ0) is 12.6. The van der Waals surface area contributed by atoms with E-state index in [2.05, 4.69) is 4.98 Å². The largest absolute Gasteiger partial charge is 0.477 e. The van der Waals surface area contributed by atoms with Crippen LogP contribution in [0.5, 0.6) is 0 Å². The molecule has 2 aromatic heterocycles. The Kier molecular flexibility index (Phi) is 3.07. The summed E-state index contributed by atoms with van der Waals surface area (Å²) in [6, 6.07) is 1.78. The minimum atomic E-state index is -0.970. The van der Waals surface area contributed by atoms with E-state index in [1.165, 1.54) is 0 Å². The second-order valence-electron chi connectivity index (χ2n) is 4.02. The molecule has 17 heavy (non-hydrogen) atoms. The van der Waals surface area contributed by atoms with Crippen LogP contribution in [0.3, 0.4) is 0 Å². The maximum atomic E-state index is 11.3. The van der Waals surface area contributed by atoms with Crippen LogP contribution in [-0.2, 0) is 6.42 Å². The van der Waals surface area contributed by atoms with Gasteiger partial charge in [0.2, 0.25) is 0 Å². The zero-order valence-corrected chi connectivity index (χ0v) is 10.5. The molecule has 0 radical (unpaired) electrons. The Morgan fingerprint density at radius 1 is 1.59 bits per heavy atom. The fourth-order valence-corrected chi connectivity index (χ4v) is 2.22. The third kappa shape index (κ3) is 2.00. The highest BCUT2D eigenvalue weighted by molar-refractivity contribution is 6.33. The topological polar surface area (TPSA) is 54.6 Å². The lowest BCUT2D eigenvalue weighted by atomic mass is 10.2. The highest BCUT2D eigenvalue weighted by atomic mass is 35.5. The molecule has 1 N–H and O–H groups in total. The van der Waals surface area contributed by atoms with Gasteiger partial charge in [0.15, 0.2) is 11.3 Å². The lowest BCUT2D eigenvalue weighted by Crippen LogP contribution is -2.05. The van der Waals surface area contributed by atoms with Crippen molar-refractivity contribution in [1.29, 1.82) is 0 Å². The number of hydrogen-bond donors (Lipinski definition) is 1. The average molecular weight is 253 g/mol.